The summed E-state index contributed by atoms with van der Waals surface area (Å²) >= 11 is 0. The van der Waals surface area contributed by atoms with E-state index in [4.69, 9.17) is 0 Å². The van der Waals surface area contributed by atoms with Crippen molar-refractivity contribution in [2.45, 2.75) is 49.0 Å². The standard InChI is InChI=1S/C15H20O4S/c16-15(17)14(11-12-7-3-1-4-8-12)20(18,19)13-9-5-2-6-10-13/h1,3-4,7-8,13-14H,2,5-6,9-11H2,(H,16,17). The zero-order valence-corrected chi connectivity index (χ0v) is 12.2. The van der Waals surface area contributed by atoms with Gasteiger partial charge in [-0.25, -0.2) is 8.42 Å². The summed E-state index contributed by atoms with van der Waals surface area (Å²) in [6.45, 7) is 0. The van der Waals surface area contributed by atoms with Crippen LogP contribution in [0.3, 0.4) is 0 Å². The molecule has 1 aromatic rings. The summed E-state index contributed by atoms with van der Waals surface area (Å²) in [6, 6.07) is 8.95. The first-order valence-corrected chi connectivity index (χ1v) is 8.62. The second-order valence-electron chi connectivity index (χ2n) is 5.37. The fraction of sp³-hybridized carbons (Fsp3) is 0.533. The molecule has 5 heteroatoms. The van der Waals surface area contributed by atoms with E-state index in [1.54, 1.807) is 24.3 Å². The Labute approximate surface area is 119 Å². The van der Waals surface area contributed by atoms with Crippen LogP contribution >= 0.6 is 0 Å². The van der Waals surface area contributed by atoms with Gasteiger partial charge in [0.1, 0.15) is 0 Å². The smallest absolute Gasteiger partial charge is 0.322 e. The van der Waals surface area contributed by atoms with Gasteiger partial charge in [-0.2, -0.15) is 0 Å². The number of carboxylic acid groups (broad SMARTS) is 1. The normalized spacial score (nSPS) is 18.6. The van der Waals surface area contributed by atoms with Crippen molar-refractivity contribution < 1.29 is 18.3 Å². The van der Waals surface area contributed by atoms with Gasteiger partial charge in [0.15, 0.2) is 15.1 Å². The summed E-state index contributed by atoms with van der Waals surface area (Å²) < 4.78 is 25.1. The highest BCUT2D eigenvalue weighted by atomic mass is 32.2. The number of sulfone groups is 1. The number of aliphatic carboxylic acids is 1. The minimum Gasteiger partial charge on any atom is -0.480 e. The molecule has 0 amide bonds. The Morgan fingerprint density at radius 1 is 1.15 bits per heavy atom. The minimum atomic E-state index is -3.62. The van der Waals surface area contributed by atoms with E-state index in [9.17, 15) is 18.3 Å². The number of hydrogen-bond acceptors (Lipinski definition) is 3. The highest BCUT2D eigenvalue weighted by Crippen LogP contribution is 2.27. The first-order chi connectivity index (χ1) is 9.51. The molecule has 0 saturated heterocycles. The largest absolute Gasteiger partial charge is 0.480 e. The molecule has 0 bridgehead atoms. The van der Waals surface area contributed by atoms with Crippen LogP contribution in [0.4, 0.5) is 0 Å². The van der Waals surface area contributed by atoms with E-state index in [0.29, 0.717) is 12.8 Å². The zero-order valence-electron chi connectivity index (χ0n) is 11.4. The second kappa shape index (κ2) is 6.39. The van der Waals surface area contributed by atoms with Crippen molar-refractivity contribution in [2.75, 3.05) is 0 Å². The number of benzene rings is 1. The molecule has 1 unspecified atom stereocenters. The molecular weight excluding hydrogens is 276 g/mol. The van der Waals surface area contributed by atoms with E-state index >= 15 is 0 Å². The molecule has 1 aliphatic carbocycles. The summed E-state index contributed by atoms with van der Waals surface area (Å²) in [4.78, 5) is 11.4. The zero-order chi connectivity index (χ0) is 14.6. The Balaban J connectivity index is 2.21. The summed E-state index contributed by atoms with van der Waals surface area (Å²) in [5, 5.41) is 7.51. The molecular formula is C15H20O4S. The van der Waals surface area contributed by atoms with Crippen LogP contribution in [-0.4, -0.2) is 30.0 Å². The maximum atomic E-state index is 12.6. The Kier molecular flexibility index (Phi) is 4.81. The maximum absolute atomic E-state index is 12.6. The highest BCUT2D eigenvalue weighted by molar-refractivity contribution is 7.93. The van der Waals surface area contributed by atoms with Crippen molar-refractivity contribution >= 4 is 15.8 Å². The van der Waals surface area contributed by atoms with Crippen molar-refractivity contribution in [3.8, 4) is 0 Å². The highest BCUT2D eigenvalue weighted by Gasteiger charge is 2.39. The van der Waals surface area contributed by atoms with Crippen LogP contribution in [0.5, 0.6) is 0 Å². The molecule has 0 aliphatic heterocycles. The topological polar surface area (TPSA) is 71.4 Å². The van der Waals surface area contributed by atoms with Crippen LogP contribution in [-0.2, 0) is 21.1 Å². The molecule has 110 valence electrons. The molecule has 4 nitrogen and oxygen atoms in total. The first-order valence-electron chi connectivity index (χ1n) is 7.01. The lowest BCUT2D eigenvalue weighted by Crippen LogP contribution is -2.40. The van der Waals surface area contributed by atoms with Crippen molar-refractivity contribution in [3.63, 3.8) is 0 Å². The van der Waals surface area contributed by atoms with Crippen molar-refractivity contribution in [3.05, 3.63) is 35.9 Å². The Bertz CT molecular complexity index is 544. The molecule has 1 N–H and O–H groups in total. The van der Waals surface area contributed by atoms with Gasteiger partial charge in [-0.05, 0) is 24.8 Å². The van der Waals surface area contributed by atoms with Crippen LogP contribution < -0.4 is 0 Å². The third kappa shape index (κ3) is 3.39. The van der Waals surface area contributed by atoms with Gasteiger partial charge in [0.25, 0.3) is 0 Å². The summed E-state index contributed by atoms with van der Waals surface area (Å²) in [6.07, 6.45) is 4.04. The van der Waals surface area contributed by atoms with Gasteiger partial charge >= 0.3 is 5.97 Å². The van der Waals surface area contributed by atoms with Crippen molar-refractivity contribution in [2.24, 2.45) is 0 Å². The fourth-order valence-corrected chi connectivity index (χ4v) is 4.96. The lowest BCUT2D eigenvalue weighted by atomic mass is 10.0. The van der Waals surface area contributed by atoms with Crippen LogP contribution in [0.25, 0.3) is 0 Å². The van der Waals surface area contributed by atoms with Gasteiger partial charge in [-0.1, -0.05) is 49.6 Å². The van der Waals surface area contributed by atoms with E-state index in [1.807, 2.05) is 6.07 Å². The van der Waals surface area contributed by atoms with E-state index in [-0.39, 0.29) is 6.42 Å². The molecule has 1 aromatic carbocycles. The fourth-order valence-electron chi connectivity index (χ4n) is 2.80. The number of hydrogen-bond donors (Lipinski definition) is 1. The Hall–Kier alpha value is -1.36. The molecule has 2 rings (SSSR count). The number of carbonyl (C=O) groups is 1. The monoisotopic (exact) mass is 296 g/mol. The quantitative estimate of drug-likeness (QED) is 0.906. The predicted octanol–water partition coefficient (Wildman–Crippen LogP) is 2.43. The van der Waals surface area contributed by atoms with E-state index in [1.165, 1.54) is 0 Å². The van der Waals surface area contributed by atoms with E-state index in [2.05, 4.69) is 0 Å². The van der Waals surface area contributed by atoms with E-state index in [0.717, 1.165) is 24.8 Å². The molecule has 0 spiro atoms. The second-order valence-corrected chi connectivity index (χ2v) is 7.78. The molecule has 0 radical (unpaired) electrons. The van der Waals surface area contributed by atoms with Crippen LogP contribution in [0, 0.1) is 0 Å². The van der Waals surface area contributed by atoms with E-state index < -0.39 is 26.3 Å². The molecule has 1 fully saturated rings. The molecule has 0 aromatic heterocycles. The van der Waals surface area contributed by atoms with Gasteiger partial charge < -0.3 is 5.11 Å². The minimum absolute atomic E-state index is 0.0506. The van der Waals surface area contributed by atoms with Gasteiger partial charge in [0.2, 0.25) is 0 Å². The molecule has 1 atom stereocenters. The summed E-state index contributed by atoms with van der Waals surface area (Å²) in [7, 11) is -3.62. The third-order valence-electron chi connectivity index (χ3n) is 3.95. The Morgan fingerprint density at radius 3 is 2.30 bits per heavy atom. The number of carboxylic acids is 1. The molecule has 1 saturated carbocycles. The van der Waals surface area contributed by atoms with Crippen molar-refractivity contribution in [1.82, 2.24) is 0 Å². The van der Waals surface area contributed by atoms with Gasteiger partial charge in [-0.3, -0.25) is 4.79 Å². The van der Waals surface area contributed by atoms with Crippen LogP contribution in [0.1, 0.15) is 37.7 Å². The van der Waals surface area contributed by atoms with Crippen LogP contribution in [0.2, 0.25) is 0 Å². The van der Waals surface area contributed by atoms with Gasteiger partial charge in [-0.15, -0.1) is 0 Å². The maximum Gasteiger partial charge on any atom is 0.322 e. The lowest BCUT2D eigenvalue weighted by molar-refractivity contribution is -0.136. The van der Waals surface area contributed by atoms with Gasteiger partial charge in [0, 0.05) is 0 Å². The third-order valence-corrected chi connectivity index (χ3v) is 6.51. The lowest BCUT2D eigenvalue weighted by Gasteiger charge is -2.25. The van der Waals surface area contributed by atoms with Crippen molar-refractivity contribution in [1.29, 1.82) is 0 Å². The average Bonchev–Trinajstić information content (AvgIpc) is 2.46. The first kappa shape index (κ1) is 15.0. The summed E-state index contributed by atoms with van der Waals surface area (Å²) in [5.41, 5.74) is 0.749. The molecule has 0 heterocycles. The number of rotatable bonds is 5. The SMILES string of the molecule is O=C(O)C(Cc1ccccc1)S(=O)(=O)C1CCCCC1. The van der Waals surface area contributed by atoms with Gasteiger partial charge in [0.05, 0.1) is 5.25 Å². The molecule has 20 heavy (non-hydrogen) atoms. The summed E-state index contributed by atoms with van der Waals surface area (Å²) in [5.74, 6) is -1.24. The predicted molar refractivity (Wildman–Crippen MR) is 77.4 cm³/mol. The Morgan fingerprint density at radius 2 is 1.75 bits per heavy atom. The average molecular weight is 296 g/mol. The van der Waals surface area contributed by atoms with Crippen LogP contribution in [0.15, 0.2) is 30.3 Å². The molecule has 1 aliphatic rings.